The van der Waals surface area contributed by atoms with Crippen LogP contribution in [-0.2, 0) is 4.79 Å². The number of aryl methyl sites for hydroxylation is 1. The molecule has 1 aromatic heterocycles. The number of anilines is 1. The van der Waals surface area contributed by atoms with Crippen LogP contribution in [0.2, 0.25) is 0 Å². The number of nitrogens with zero attached hydrogens (tertiary/aromatic N) is 2. The first-order chi connectivity index (χ1) is 5.72. The van der Waals surface area contributed by atoms with E-state index in [0.717, 1.165) is 5.69 Å². The summed E-state index contributed by atoms with van der Waals surface area (Å²) in [5.41, 5.74) is 0.812. The van der Waals surface area contributed by atoms with Gasteiger partial charge in [-0.1, -0.05) is 6.58 Å². The highest BCUT2D eigenvalue weighted by molar-refractivity contribution is 5.98. The Morgan fingerprint density at radius 1 is 1.58 bits per heavy atom. The molecule has 1 N–H and O–H groups in total. The molecule has 4 nitrogen and oxygen atoms in total. The third-order valence-corrected chi connectivity index (χ3v) is 1.22. The fourth-order valence-electron chi connectivity index (χ4n) is 0.634. The van der Waals surface area contributed by atoms with E-state index in [2.05, 4.69) is 21.9 Å². The lowest BCUT2D eigenvalue weighted by Crippen LogP contribution is -2.08. The second-order valence-corrected chi connectivity index (χ2v) is 2.24. The van der Waals surface area contributed by atoms with E-state index < -0.39 is 0 Å². The molecular formula is C8H9N3O. The highest BCUT2D eigenvalue weighted by Gasteiger charge is 1.96. The number of hydrogen-bond donors (Lipinski definition) is 1. The molecule has 1 aromatic rings. The van der Waals surface area contributed by atoms with Gasteiger partial charge in [-0.15, -0.1) is 0 Å². The summed E-state index contributed by atoms with van der Waals surface area (Å²) in [6.45, 7) is 5.14. The molecule has 0 radical (unpaired) electrons. The average molecular weight is 163 g/mol. The van der Waals surface area contributed by atoms with E-state index in [-0.39, 0.29) is 5.91 Å². The Kier molecular flexibility index (Phi) is 2.53. The largest absolute Gasteiger partial charge is 0.306 e. The van der Waals surface area contributed by atoms with Crippen LogP contribution in [0.5, 0.6) is 0 Å². The molecule has 0 atom stereocenters. The lowest BCUT2D eigenvalue weighted by Gasteiger charge is -1.99. The second kappa shape index (κ2) is 3.61. The normalized spacial score (nSPS) is 9.08. The number of aromatic nitrogens is 2. The van der Waals surface area contributed by atoms with Crippen LogP contribution >= 0.6 is 0 Å². The fraction of sp³-hybridized carbons (Fsp3) is 0.125. The number of amides is 1. The molecule has 0 saturated heterocycles. The maximum absolute atomic E-state index is 10.8. The van der Waals surface area contributed by atoms with Gasteiger partial charge in [0.05, 0.1) is 18.1 Å². The predicted molar refractivity (Wildman–Crippen MR) is 45.6 cm³/mol. The molecule has 1 heterocycles. The van der Waals surface area contributed by atoms with Crippen LogP contribution in [0.1, 0.15) is 5.69 Å². The summed E-state index contributed by atoms with van der Waals surface area (Å²) in [5, 5.41) is 2.49. The molecule has 0 aliphatic carbocycles. The van der Waals surface area contributed by atoms with Gasteiger partial charge in [0, 0.05) is 0 Å². The van der Waals surface area contributed by atoms with Crippen molar-refractivity contribution in [1.82, 2.24) is 9.97 Å². The summed E-state index contributed by atoms with van der Waals surface area (Å²) >= 11 is 0. The summed E-state index contributed by atoms with van der Waals surface area (Å²) in [5.74, 6) is 0.152. The standard InChI is InChI=1S/C8H9N3O/c1-3-8(12)11-7-5-9-6(2)4-10-7/h3-5H,1H2,2H3,(H,10,11,12). The number of carbonyl (C=O) groups is 1. The van der Waals surface area contributed by atoms with Crippen molar-refractivity contribution >= 4 is 11.7 Å². The second-order valence-electron chi connectivity index (χ2n) is 2.24. The minimum absolute atomic E-state index is 0.284. The van der Waals surface area contributed by atoms with E-state index >= 15 is 0 Å². The van der Waals surface area contributed by atoms with Gasteiger partial charge in [-0.3, -0.25) is 9.78 Å². The zero-order valence-corrected chi connectivity index (χ0v) is 6.74. The third kappa shape index (κ3) is 2.16. The minimum atomic E-state index is -0.284. The van der Waals surface area contributed by atoms with Crippen molar-refractivity contribution in [3.8, 4) is 0 Å². The van der Waals surface area contributed by atoms with E-state index in [0.29, 0.717) is 5.82 Å². The van der Waals surface area contributed by atoms with Gasteiger partial charge in [0.2, 0.25) is 5.91 Å². The van der Waals surface area contributed by atoms with Crippen LogP contribution in [0.3, 0.4) is 0 Å². The first-order valence-electron chi connectivity index (χ1n) is 3.44. The molecule has 0 saturated carbocycles. The Labute approximate surface area is 70.4 Å². The fourth-order valence-corrected chi connectivity index (χ4v) is 0.634. The Morgan fingerprint density at radius 3 is 2.83 bits per heavy atom. The van der Waals surface area contributed by atoms with Crippen molar-refractivity contribution in [2.24, 2.45) is 0 Å². The lowest BCUT2D eigenvalue weighted by atomic mass is 10.5. The minimum Gasteiger partial charge on any atom is -0.306 e. The highest BCUT2D eigenvalue weighted by Crippen LogP contribution is 1.99. The van der Waals surface area contributed by atoms with Crippen molar-refractivity contribution in [3.05, 3.63) is 30.7 Å². The van der Waals surface area contributed by atoms with Crippen molar-refractivity contribution in [3.63, 3.8) is 0 Å². The summed E-state index contributed by atoms with van der Waals surface area (Å²) in [6.07, 6.45) is 4.26. The van der Waals surface area contributed by atoms with E-state index in [1.54, 1.807) is 6.20 Å². The predicted octanol–water partition coefficient (Wildman–Crippen LogP) is 0.910. The number of nitrogens with one attached hydrogen (secondary N) is 1. The number of rotatable bonds is 2. The Morgan fingerprint density at radius 2 is 2.33 bits per heavy atom. The molecule has 0 aliphatic rings. The van der Waals surface area contributed by atoms with Gasteiger partial charge in [0.15, 0.2) is 5.82 Å². The number of carbonyl (C=O) groups excluding carboxylic acids is 1. The van der Waals surface area contributed by atoms with E-state index in [1.807, 2.05) is 6.92 Å². The summed E-state index contributed by atoms with van der Waals surface area (Å²) in [4.78, 5) is 18.6. The molecule has 0 spiro atoms. The zero-order valence-electron chi connectivity index (χ0n) is 6.74. The Hall–Kier alpha value is -1.71. The zero-order chi connectivity index (χ0) is 8.97. The molecule has 0 aliphatic heterocycles. The van der Waals surface area contributed by atoms with Crippen molar-refractivity contribution in [1.29, 1.82) is 0 Å². The molecule has 0 unspecified atom stereocenters. The first kappa shape index (κ1) is 8.39. The summed E-state index contributed by atoms with van der Waals surface area (Å²) in [7, 11) is 0. The number of hydrogen-bond acceptors (Lipinski definition) is 3. The van der Waals surface area contributed by atoms with Gasteiger partial charge in [0.25, 0.3) is 0 Å². The molecule has 1 amide bonds. The maximum atomic E-state index is 10.8. The summed E-state index contributed by atoms with van der Waals surface area (Å²) in [6, 6.07) is 0. The van der Waals surface area contributed by atoms with Crippen LogP contribution in [0.15, 0.2) is 25.0 Å². The molecule has 0 aromatic carbocycles. The van der Waals surface area contributed by atoms with Gasteiger partial charge in [0.1, 0.15) is 0 Å². The van der Waals surface area contributed by atoms with E-state index in [4.69, 9.17) is 0 Å². The Balaban J connectivity index is 2.71. The lowest BCUT2D eigenvalue weighted by molar-refractivity contribution is -0.111. The van der Waals surface area contributed by atoms with Crippen LogP contribution < -0.4 is 5.32 Å². The van der Waals surface area contributed by atoms with Gasteiger partial charge >= 0.3 is 0 Å². The van der Waals surface area contributed by atoms with Gasteiger partial charge < -0.3 is 5.32 Å². The van der Waals surface area contributed by atoms with E-state index in [9.17, 15) is 4.79 Å². The first-order valence-corrected chi connectivity index (χ1v) is 3.44. The monoisotopic (exact) mass is 163 g/mol. The molecule has 4 heteroatoms. The molecule has 0 bridgehead atoms. The molecule has 12 heavy (non-hydrogen) atoms. The highest BCUT2D eigenvalue weighted by atomic mass is 16.1. The van der Waals surface area contributed by atoms with Crippen LogP contribution in [-0.4, -0.2) is 15.9 Å². The van der Waals surface area contributed by atoms with Crippen molar-refractivity contribution in [2.45, 2.75) is 6.92 Å². The molecule has 0 fully saturated rings. The SMILES string of the molecule is C=CC(=O)Nc1cnc(C)cn1. The van der Waals surface area contributed by atoms with Crippen LogP contribution in [0, 0.1) is 6.92 Å². The smallest absolute Gasteiger partial charge is 0.248 e. The van der Waals surface area contributed by atoms with Gasteiger partial charge in [-0.2, -0.15) is 0 Å². The van der Waals surface area contributed by atoms with Gasteiger partial charge in [-0.25, -0.2) is 4.98 Å². The topological polar surface area (TPSA) is 54.9 Å². The molecule has 1 rings (SSSR count). The third-order valence-electron chi connectivity index (χ3n) is 1.22. The van der Waals surface area contributed by atoms with Crippen LogP contribution in [0.4, 0.5) is 5.82 Å². The maximum Gasteiger partial charge on any atom is 0.248 e. The van der Waals surface area contributed by atoms with E-state index in [1.165, 1.54) is 12.3 Å². The Bertz CT molecular complexity index is 292. The molecule has 62 valence electrons. The van der Waals surface area contributed by atoms with Crippen molar-refractivity contribution < 1.29 is 4.79 Å². The summed E-state index contributed by atoms with van der Waals surface area (Å²) < 4.78 is 0. The van der Waals surface area contributed by atoms with Crippen molar-refractivity contribution in [2.75, 3.05) is 5.32 Å². The van der Waals surface area contributed by atoms with Crippen LogP contribution in [0.25, 0.3) is 0 Å². The molecular weight excluding hydrogens is 154 g/mol. The quantitative estimate of drug-likeness (QED) is 0.659. The van der Waals surface area contributed by atoms with Gasteiger partial charge in [-0.05, 0) is 13.0 Å². The average Bonchev–Trinajstić information content (AvgIpc) is 2.09.